The first-order valence-electron chi connectivity index (χ1n) is 7.27. The molecule has 1 heterocycles. The lowest BCUT2D eigenvalue weighted by molar-refractivity contribution is 0.0948. The van der Waals surface area contributed by atoms with Crippen molar-refractivity contribution >= 4 is 23.4 Å². The van der Waals surface area contributed by atoms with Crippen LogP contribution in [0.1, 0.15) is 26.3 Å². The average Bonchev–Trinajstić information content (AvgIpc) is 3.08. The maximum absolute atomic E-state index is 12.3. The number of fused-ring (bicyclic) bond motifs is 1. The molecule has 1 aliphatic heterocycles. The molecule has 2 N–H and O–H groups in total. The van der Waals surface area contributed by atoms with E-state index in [9.17, 15) is 9.59 Å². The van der Waals surface area contributed by atoms with Crippen LogP contribution >= 0.6 is 11.6 Å². The van der Waals surface area contributed by atoms with Crippen LogP contribution < -0.4 is 20.1 Å². The molecule has 124 valence electrons. The Morgan fingerprint density at radius 3 is 2.75 bits per heavy atom. The number of nitrogens with one attached hydrogen (secondary N) is 2. The quantitative estimate of drug-likeness (QED) is 0.891. The van der Waals surface area contributed by atoms with Gasteiger partial charge in [0.2, 0.25) is 6.79 Å². The molecule has 0 spiro atoms. The summed E-state index contributed by atoms with van der Waals surface area (Å²) in [4.78, 5) is 23.9. The predicted molar refractivity (Wildman–Crippen MR) is 88.6 cm³/mol. The summed E-state index contributed by atoms with van der Waals surface area (Å²) in [6, 6.07) is 10.2. The summed E-state index contributed by atoms with van der Waals surface area (Å²) in [6.45, 7) is 0.377. The Labute approximate surface area is 143 Å². The zero-order chi connectivity index (χ0) is 17.1. The van der Waals surface area contributed by atoms with Crippen molar-refractivity contribution in [3.05, 3.63) is 58.1 Å². The van der Waals surface area contributed by atoms with Gasteiger partial charge in [-0.05, 0) is 29.8 Å². The highest BCUT2D eigenvalue weighted by atomic mass is 35.5. The molecule has 2 aromatic carbocycles. The van der Waals surface area contributed by atoms with Gasteiger partial charge in [-0.1, -0.05) is 23.7 Å². The van der Waals surface area contributed by atoms with Gasteiger partial charge in [-0.25, -0.2) is 0 Å². The highest BCUT2D eigenvalue weighted by Crippen LogP contribution is 2.39. The molecule has 6 nitrogen and oxygen atoms in total. The molecule has 0 saturated heterocycles. The van der Waals surface area contributed by atoms with Crippen LogP contribution in [0.3, 0.4) is 0 Å². The Balaban J connectivity index is 1.70. The van der Waals surface area contributed by atoms with Gasteiger partial charge in [0.05, 0.1) is 5.02 Å². The van der Waals surface area contributed by atoms with Crippen LogP contribution in [0.15, 0.2) is 36.4 Å². The van der Waals surface area contributed by atoms with Gasteiger partial charge >= 0.3 is 0 Å². The number of carbonyl (C=O) groups excluding carboxylic acids is 2. The van der Waals surface area contributed by atoms with E-state index in [1.165, 1.54) is 6.07 Å². The molecular formula is C17H15ClN2O4. The maximum Gasteiger partial charge on any atom is 0.251 e. The van der Waals surface area contributed by atoms with Gasteiger partial charge in [-0.15, -0.1) is 0 Å². The number of amides is 2. The van der Waals surface area contributed by atoms with E-state index in [2.05, 4.69) is 10.6 Å². The van der Waals surface area contributed by atoms with E-state index in [0.717, 1.165) is 5.56 Å². The van der Waals surface area contributed by atoms with Crippen molar-refractivity contribution in [2.45, 2.75) is 6.54 Å². The number of ether oxygens (including phenoxy) is 2. The Bertz CT molecular complexity index is 807. The average molecular weight is 347 g/mol. The van der Waals surface area contributed by atoms with E-state index >= 15 is 0 Å². The molecule has 0 bridgehead atoms. The minimum absolute atomic E-state index is 0.0897. The van der Waals surface area contributed by atoms with Crippen molar-refractivity contribution in [2.75, 3.05) is 13.8 Å². The maximum atomic E-state index is 12.3. The van der Waals surface area contributed by atoms with Crippen molar-refractivity contribution in [1.29, 1.82) is 0 Å². The standard InChI is InChI=1S/C17H15ClN2O4/c1-19-16(21)11-4-2-3-10(5-11)8-20-17(22)12-6-13(18)15-14(7-12)23-9-24-15/h2-7H,8-9H2,1H3,(H,19,21)(H,20,22). The van der Waals surface area contributed by atoms with Crippen LogP contribution in [0.25, 0.3) is 0 Å². The lowest BCUT2D eigenvalue weighted by Crippen LogP contribution is -2.23. The Morgan fingerprint density at radius 1 is 1.12 bits per heavy atom. The molecule has 0 radical (unpaired) electrons. The second kappa shape index (κ2) is 6.80. The molecule has 0 atom stereocenters. The van der Waals surface area contributed by atoms with Gasteiger partial charge in [0, 0.05) is 24.7 Å². The van der Waals surface area contributed by atoms with E-state index in [4.69, 9.17) is 21.1 Å². The summed E-state index contributed by atoms with van der Waals surface area (Å²) in [6.07, 6.45) is 0. The second-order valence-corrected chi connectivity index (χ2v) is 5.56. The van der Waals surface area contributed by atoms with E-state index in [1.807, 2.05) is 6.07 Å². The third-order valence-corrected chi connectivity index (χ3v) is 3.84. The summed E-state index contributed by atoms with van der Waals surface area (Å²) in [5.41, 5.74) is 1.73. The summed E-state index contributed by atoms with van der Waals surface area (Å²) in [5.74, 6) is 0.437. The molecule has 7 heteroatoms. The molecule has 0 aromatic heterocycles. The first-order valence-corrected chi connectivity index (χ1v) is 7.64. The first-order chi connectivity index (χ1) is 11.6. The second-order valence-electron chi connectivity index (χ2n) is 5.15. The van der Waals surface area contributed by atoms with Crippen LogP contribution in [-0.2, 0) is 6.54 Å². The van der Waals surface area contributed by atoms with Crippen molar-refractivity contribution in [3.8, 4) is 11.5 Å². The summed E-state index contributed by atoms with van der Waals surface area (Å²) >= 11 is 6.08. The van der Waals surface area contributed by atoms with Crippen molar-refractivity contribution in [1.82, 2.24) is 10.6 Å². The minimum Gasteiger partial charge on any atom is -0.454 e. The number of rotatable bonds is 4. The fourth-order valence-corrected chi connectivity index (χ4v) is 2.61. The van der Waals surface area contributed by atoms with Crippen LogP contribution in [0, 0.1) is 0 Å². The van der Waals surface area contributed by atoms with E-state index in [0.29, 0.717) is 27.6 Å². The largest absolute Gasteiger partial charge is 0.454 e. The molecule has 0 aliphatic carbocycles. The third kappa shape index (κ3) is 3.28. The minimum atomic E-state index is -0.291. The Kier molecular flexibility index (Phi) is 4.57. The highest BCUT2D eigenvalue weighted by Gasteiger charge is 2.20. The predicted octanol–water partition coefficient (Wildman–Crippen LogP) is 2.36. The fourth-order valence-electron chi connectivity index (χ4n) is 2.35. The van der Waals surface area contributed by atoms with Crippen molar-refractivity contribution in [3.63, 3.8) is 0 Å². The lowest BCUT2D eigenvalue weighted by Gasteiger charge is -2.08. The molecule has 3 rings (SSSR count). The van der Waals surface area contributed by atoms with Crippen molar-refractivity contribution < 1.29 is 19.1 Å². The number of hydrogen-bond donors (Lipinski definition) is 2. The lowest BCUT2D eigenvalue weighted by atomic mass is 10.1. The molecule has 0 unspecified atom stereocenters. The smallest absolute Gasteiger partial charge is 0.251 e. The summed E-state index contributed by atoms with van der Waals surface area (Å²) in [5, 5.41) is 5.69. The van der Waals surface area contributed by atoms with Crippen LogP contribution in [0.4, 0.5) is 0 Å². The number of halogens is 1. The molecule has 1 aliphatic rings. The van der Waals surface area contributed by atoms with E-state index in [1.54, 1.807) is 31.3 Å². The highest BCUT2D eigenvalue weighted by molar-refractivity contribution is 6.32. The topological polar surface area (TPSA) is 76.7 Å². The number of carbonyl (C=O) groups is 2. The van der Waals surface area contributed by atoms with Crippen LogP contribution in [0.5, 0.6) is 11.5 Å². The van der Waals surface area contributed by atoms with Gasteiger partial charge < -0.3 is 20.1 Å². The molecular weight excluding hydrogens is 332 g/mol. The monoisotopic (exact) mass is 346 g/mol. The normalized spacial score (nSPS) is 11.9. The van der Waals surface area contributed by atoms with Gasteiger partial charge in [0.15, 0.2) is 11.5 Å². The van der Waals surface area contributed by atoms with Crippen molar-refractivity contribution in [2.24, 2.45) is 0 Å². The molecule has 2 amide bonds. The van der Waals surface area contributed by atoms with Gasteiger partial charge in [0.25, 0.3) is 11.8 Å². The van der Waals surface area contributed by atoms with Crippen LogP contribution in [0.2, 0.25) is 5.02 Å². The first kappa shape index (κ1) is 16.1. The SMILES string of the molecule is CNC(=O)c1cccc(CNC(=O)c2cc(Cl)c3c(c2)OCO3)c1. The Hall–Kier alpha value is -2.73. The van der Waals surface area contributed by atoms with E-state index < -0.39 is 0 Å². The third-order valence-electron chi connectivity index (χ3n) is 3.56. The van der Waals surface area contributed by atoms with E-state index in [-0.39, 0.29) is 25.2 Å². The molecule has 24 heavy (non-hydrogen) atoms. The summed E-state index contributed by atoms with van der Waals surface area (Å²) in [7, 11) is 1.57. The fraction of sp³-hybridized carbons (Fsp3) is 0.176. The van der Waals surface area contributed by atoms with Crippen LogP contribution in [-0.4, -0.2) is 25.7 Å². The Morgan fingerprint density at radius 2 is 1.96 bits per heavy atom. The zero-order valence-electron chi connectivity index (χ0n) is 12.9. The summed E-state index contributed by atoms with van der Waals surface area (Å²) < 4.78 is 10.5. The molecule has 0 saturated carbocycles. The number of hydrogen-bond acceptors (Lipinski definition) is 4. The van der Waals surface area contributed by atoms with Gasteiger partial charge in [0.1, 0.15) is 0 Å². The van der Waals surface area contributed by atoms with Gasteiger partial charge in [-0.2, -0.15) is 0 Å². The molecule has 2 aromatic rings. The zero-order valence-corrected chi connectivity index (χ0v) is 13.6. The van der Waals surface area contributed by atoms with Gasteiger partial charge in [-0.3, -0.25) is 9.59 Å². The number of benzene rings is 2. The molecule has 0 fully saturated rings.